The van der Waals surface area contributed by atoms with Crippen LogP contribution >= 0.6 is 15.9 Å². The molecule has 0 unspecified atom stereocenters. The van der Waals surface area contributed by atoms with E-state index in [-0.39, 0.29) is 5.56 Å². The maximum absolute atomic E-state index is 13.9. The molecule has 0 saturated carbocycles. The van der Waals surface area contributed by atoms with Gasteiger partial charge in [0.05, 0.1) is 18.3 Å². The van der Waals surface area contributed by atoms with Gasteiger partial charge in [-0.05, 0) is 35.7 Å². The predicted octanol–water partition coefficient (Wildman–Crippen LogP) is 4.65. The maximum Gasteiger partial charge on any atom is 0.259 e. The summed E-state index contributed by atoms with van der Waals surface area (Å²) in [5.74, 6) is -0.562. The molecule has 4 nitrogen and oxygen atoms in total. The minimum atomic E-state index is -0.576. The molecule has 1 heterocycles. The predicted molar refractivity (Wildman–Crippen MR) is 99.2 cm³/mol. The van der Waals surface area contributed by atoms with Gasteiger partial charge in [-0.25, -0.2) is 9.07 Å². The molecule has 3 aromatic rings. The van der Waals surface area contributed by atoms with Crippen LogP contribution in [0.3, 0.4) is 0 Å². The number of carbonyl (C=O) groups is 1. The lowest BCUT2D eigenvalue weighted by Gasteiger charge is -2.10. The van der Waals surface area contributed by atoms with Crippen molar-refractivity contribution in [3.05, 3.63) is 81.7 Å². The molecule has 0 spiro atoms. The quantitative estimate of drug-likeness (QED) is 0.676. The fourth-order valence-corrected chi connectivity index (χ4v) is 2.81. The zero-order valence-corrected chi connectivity index (χ0v) is 15.3. The molecular weight excluding hydrogens is 385 g/mol. The third-order valence-corrected chi connectivity index (χ3v) is 4.39. The summed E-state index contributed by atoms with van der Waals surface area (Å²) in [6, 6.07) is 14.3. The average molecular weight is 402 g/mol. The molecule has 0 aliphatic rings. The van der Waals surface area contributed by atoms with Crippen molar-refractivity contribution < 1.29 is 9.18 Å². The molecule has 0 aliphatic carbocycles. The first-order chi connectivity index (χ1) is 12.1. The van der Waals surface area contributed by atoms with Gasteiger partial charge in [-0.3, -0.25) is 4.79 Å². The van der Waals surface area contributed by atoms with Gasteiger partial charge in [-0.2, -0.15) is 5.10 Å². The van der Waals surface area contributed by atoms with Crippen molar-refractivity contribution in [2.75, 3.05) is 5.32 Å². The molecular formula is C19H17BrFN3O. The van der Waals surface area contributed by atoms with Crippen LogP contribution in [0.1, 0.15) is 28.4 Å². The number of rotatable bonds is 5. The first-order valence-corrected chi connectivity index (χ1v) is 8.72. The number of aromatic nitrogens is 2. The molecule has 3 rings (SSSR count). The van der Waals surface area contributed by atoms with Crippen molar-refractivity contribution in [2.24, 2.45) is 0 Å². The summed E-state index contributed by atoms with van der Waals surface area (Å²) in [6.45, 7) is 2.63. The highest BCUT2D eigenvalue weighted by atomic mass is 79.9. The Morgan fingerprint density at radius 2 is 1.88 bits per heavy atom. The van der Waals surface area contributed by atoms with Crippen LogP contribution in [-0.4, -0.2) is 15.7 Å². The summed E-state index contributed by atoms with van der Waals surface area (Å²) in [6.07, 6.45) is 2.59. The Morgan fingerprint density at radius 1 is 1.16 bits per heavy atom. The fourth-order valence-electron chi connectivity index (χ4n) is 2.48. The van der Waals surface area contributed by atoms with Gasteiger partial charge in [-0.1, -0.05) is 47.1 Å². The van der Waals surface area contributed by atoms with Gasteiger partial charge in [0.25, 0.3) is 5.91 Å². The van der Waals surface area contributed by atoms with E-state index in [1.807, 2.05) is 12.1 Å². The highest BCUT2D eigenvalue weighted by Crippen LogP contribution is 2.17. The Bertz CT molecular complexity index is 890. The first kappa shape index (κ1) is 17.4. The number of carbonyl (C=O) groups excluding carboxylic acids is 1. The van der Waals surface area contributed by atoms with Gasteiger partial charge in [0.2, 0.25) is 0 Å². The molecule has 1 N–H and O–H groups in total. The molecule has 0 aliphatic heterocycles. The Hall–Kier alpha value is -2.47. The SMILES string of the molecule is CCc1ccc(Cn2nccc2NC(=O)c2ccc(Br)cc2F)cc1. The van der Waals surface area contributed by atoms with Crippen molar-refractivity contribution in [2.45, 2.75) is 19.9 Å². The molecule has 6 heteroatoms. The molecule has 0 bridgehead atoms. The van der Waals surface area contributed by atoms with E-state index in [1.165, 1.54) is 17.7 Å². The van der Waals surface area contributed by atoms with Crippen LogP contribution in [0.5, 0.6) is 0 Å². The number of nitrogens with zero attached hydrogens (tertiary/aromatic N) is 2. The summed E-state index contributed by atoms with van der Waals surface area (Å²) < 4.78 is 16.2. The lowest BCUT2D eigenvalue weighted by Crippen LogP contribution is -2.17. The highest BCUT2D eigenvalue weighted by Gasteiger charge is 2.14. The van der Waals surface area contributed by atoms with E-state index in [4.69, 9.17) is 0 Å². The van der Waals surface area contributed by atoms with Crippen LogP contribution in [0.2, 0.25) is 0 Å². The van der Waals surface area contributed by atoms with Crippen LogP contribution in [-0.2, 0) is 13.0 Å². The van der Waals surface area contributed by atoms with Crippen molar-refractivity contribution in [3.63, 3.8) is 0 Å². The van der Waals surface area contributed by atoms with Crippen LogP contribution < -0.4 is 5.32 Å². The lowest BCUT2D eigenvalue weighted by molar-refractivity contribution is 0.102. The topological polar surface area (TPSA) is 46.9 Å². The van der Waals surface area contributed by atoms with E-state index >= 15 is 0 Å². The molecule has 0 radical (unpaired) electrons. The summed E-state index contributed by atoms with van der Waals surface area (Å²) in [7, 11) is 0. The Balaban J connectivity index is 1.75. The summed E-state index contributed by atoms with van der Waals surface area (Å²) in [4.78, 5) is 12.3. The molecule has 1 amide bonds. The van der Waals surface area contributed by atoms with E-state index in [0.717, 1.165) is 12.0 Å². The van der Waals surface area contributed by atoms with Gasteiger partial charge in [0.1, 0.15) is 11.6 Å². The number of hydrogen-bond acceptors (Lipinski definition) is 2. The highest BCUT2D eigenvalue weighted by molar-refractivity contribution is 9.10. The monoisotopic (exact) mass is 401 g/mol. The van der Waals surface area contributed by atoms with Crippen LogP contribution in [0, 0.1) is 5.82 Å². The van der Waals surface area contributed by atoms with Crippen LogP contribution in [0.25, 0.3) is 0 Å². The zero-order chi connectivity index (χ0) is 17.8. The Kier molecular flexibility index (Phi) is 5.28. The third kappa shape index (κ3) is 4.14. The van der Waals surface area contributed by atoms with Crippen molar-refractivity contribution in [3.8, 4) is 0 Å². The van der Waals surface area contributed by atoms with E-state index in [2.05, 4.69) is 45.4 Å². The summed E-state index contributed by atoms with van der Waals surface area (Å²) in [5.41, 5.74) is 2.33. The summed E-state index contributed by atoms with van der Waals surface area (Å²) in [5, 5.41) is 6.95. The average Bonchev–Trinajstić information content (AvgIpc) is 3.02. The van der Waals surface area contributed by atoms with Gasteiger partial charge in [0.15, 0.2) is 0 Å². The van der Waals surface area contributed by atoms with E-state index in [9.17, 15) is 9.18 Å². The molecule has 0 atom stereocenters. The first-order valence-electron chi connectivity index (χ1n) is 7.93. The second-order valence-corrected chi connectivity index (χ2v) is 6.54. The molecule has 1 aromatic heterocycles. The number of halogens is 2. The second-order valence-electron chi connectivity index (χ2n) is 5.62. The van der Waals surface area contributed by atoms with E-state index < -0.39 is 11.7 Å². The molecule has 2 aromatic carbocycles. The number of hydrogen-bond donors (Lipinski definition) is 1. The Labute approximate surface area is 153 Å². The van der Waals surface area contributed by atoms with Crippen LogP contribution in [0.15, 0.2) is 59.2 Å². The minimum absolute atomic E-state index is 0.0109. The zero-order valence-electron chi connectivity index (χ0n) is 13.7. The minimum Gasteiger partial charge on any atom is -0.307 e. The Morgan fingerprint density at radius 3 is 2.56 bits per heavy atom. The van der Waals surface area contributed by atoms with Crippen LogP contribution in [0.4, 0.5) is 10.2 Å². The summed E-state index contributed by atoms with van der Waals surface area (Å²) >= 11 is 3.18. The van der Waals surface area contributed by atoms with Gasteiger partial charge < -0.3 is 5.32 Å². The van der Waals surface area contributed by atoms with Crippen molar-refractivity contribution in [1.29, 1.82) is 0 Å². The van der Waals surface area contributed by atoms with Gasteiger partial charge in [-0.15, -0.1) is 0 Å². The number of anilines is 1. The largest absolute Gasteiger partial charge is 0.307 e. The molecule has 25 heavy (non-hydrogen) atoms. The van der Waals surface area contributed by atoms with Gasteiger partial charge >= 0.3 is 0 Å². The smallest absolute Gasteiger partial charge is 0.259 e. The van der Waals surface area contributed by atoms with Crippen molar-refractivity contribution in [1.82, 2.24) is 9.78 Å². The number of aryl methyl sites for hydroxylation is 1. The van der Waals surface area contributed by atoms with Crippen molar-refractivity contribution >= 4 is 27.7 Å². The number of benzene rings is 2. The van der Waals surface area contributed by atoms with Gasteiger partial charge in [0, 0.05) is 10.5 Å². The molecule has 0 saturated heterocycles. The lowest BCUT2D eigenvalue weighted by atomic mass is 10.1. The molecule has 128 valence electrons. The molecule has 0 fully saturated rings. The standard InChI is InChI=1S/C19H17BrFN3O/c1-2-13-3-5-14(6-4-13)12-24-18(9-10-22-24)23-19(25)16-8-7-15(20)11-17(16)21/h3-11H,2,12H2,1H3,(H,23,25). The van der Waals surface area contributed by atoms with E-state index in [0.29, 0.717) is 16.8 Å². The third-order valence-electron chi connectivity index (χ3n) is 3.90. The normalized spacial score (nSPS) is 10.7. The number of amides is 1. The fraction of sp³-hybridized carbons (Fsp3) is 0.158. The number of nitrogens with one attached hydrogen (secondary N) is 1. The maximum atomic E-state index is 13.9. The second kappa shape index (κ2) is 7.61. The van der Waals surface area contributed by atoms with E-state index in [1.54, 1.807) is 23.0 Å².